The zero-order valence-corrected chi connectivity index (χ0v) is 17.3. The summed E-state index contributed by atoms with van der Waals surface area (Å²) in [5.74, 6) is -0.791. The molecule has 3 rings (SSSR count). The zero-order chi connectivity index (χ0) is 21.2. The molecule has 3 aromatic rings. The van der Waals surface area contributed by atoms with E-state index >= 15 is 0 Å². The fraction of sp³-hybridized carbons (Fsp3) is 0.263. The highest BCUT2D eigenvalue weighted by Gasteiger charge is 2.19. The third-order valence-electron chi connectivity index (χ3n) is 4.31. The van der Waals surface area contributed by atoms with E-state index in [1.54, 1.807) is 18.2 Å². The number of carbonyl (C=O) groups excluding carboxylic acids is 1. The van der Waals surface area contributed by atoms with Gasteiger partial charge < -0.3 is 10.4 Å². The molecule has 0 saturated carbocycles. The van der Waals surface area contributed by atoms with Gasteiger partial charge in [0.05, 0.1) is 27.8 Å². The van der Waals surface area contributed by atoms with E-state index in [2.05, 4.69) is 15.0 Å². The van der Waals surface area contributed by atoms with Crippen LogP contribution in [0.2, 0.25) is 0 Å². The van der Waals surface area contributed by atoms with Crippen LogP contribution in [0.1, 0.15) is 24.2 Å². The Hall–Kier alpha value is -2.56. The minimum Gasteiger partial charge on any atom is -0.394 e. The van der Waals surface area contributed by atoms with Crippen molar-refractivity contribution in [1.29, 1.82) is 0 Å². The first-order chi connectivity index (χ1) is 13.7. The molecule has 0 fully saturated rings. The summed E-state index contributed by atoms with van der Waals surface area (Å²) < 4.78 is 40.9. The van der Waals surface area contributed by atoms with E-state index in [-0.39, 0.29) is 34.5 Å². The van der Waals surface area contributed by atoms with Gasteiger partial charge in [0.2, 0.25) is 0 Å². The molecule has 1 aromatic heterocycles. The molecule has 0 aliphatic rings. The number of carbonyl (C=O) groups is 1. The van der Waals surface area contributed by atoms with E-state index in [1.165, 1.54) is 12.1 Å². The maximum Gasteiger partial charge on any atom is 0.263 e. The second kappa shape index (κ2) is 8.44. The number of rotatable bonds is 7. The number of aromatic nitrogens is 1. The Labute approximate surface area is 171 Å². The first-order valence-corrected chi connectivity index (χ1v) is 11.1. The summed E-state index contributed by atoms with van der Waals surface area (Å²) in [6, 6.07) is 8.93. The minimum absolute atomic E-state index is 0.0727. The van der Waals surface area contributed by atoms with Gasteiger partial charge in [-0.05, 0) is 48.4 Å². The summed E-state index contributed by atoms with van der Waals surface area (Å²) in [6.07, 6.45) is 0. The molecule has 2 aromatic carbocycles. The molecule has 0 radical (unpaired) electrons. The van der Waals surface area contributed by atoms with Crippen LogP contribution in [0.5, 0.6) is 0 Å². The molecule has 1 atom stereocenters. The lowest BCUT2D eigenvalue weighted by atomic mass is 10.0. The van der Waals surface area contributed by atoms with Gasteiger partial charge in [-0.25, -0.2) is 17.8 Å². The van der Waals surface area contributed by atoms with Crippen LogP contribution >= 0.6 is 11.3 Å². The average molecular weight is 438 g/mol. The Bertz CT molecular complexity index is 1130. The Morgan fingerprint density at radius 2 is 1.90 bits per heavy atom. The minimum atomic E-state index is -3.91. The van der Waals surface area contributed by atoms with Crippen molar-refractivity contribution in [3.05, 3.63) is 53.8 Å². The number of nitrogens with zero attached hydrogens (tertiary/aromatic N) is 1. The van der Waals surface area contributed by atoms with E-state index in [1.807, 2.05) is 13.8 Å². The number of fused-ring (bicyclic) bond motifs is 1. The molecule has 0 unspecified atom stereocenters. The maximum absolute atomic E-state index is 13.0. The fourth-order valence-corrected chi connectivity index (χ4v) is 4.71. The lowest BCUT2D eigenvalue weighted by Crippen LogP contribution is -2.41. The molecule has 3 N–H and O–H groups in total. The average Bonchev–Trinajstić information content (AvgIpc) is 3.06. The molecule has 10 heteroatoms. The van der Waals surface area contributed by atoms with Crippen molar-refractivity contribution >= 4 is 42.6 Å². The van der Waals surface area contributed by atoms with Crippen LogP contribution in [-0.4, -0.2) is 37.1 Å². The van der Waals surface area contributed by atoms with Crippen LogP contribution in [0.25, 0.3) is 10.2 Å². The number of sulfonamides is 1. The van der Waals surface area contributed by atoms with Gasteiger partial charge in [0.1, 0.15) is 5.82 Å². The van der Waals surface area contributed by atoms with Gasteiger partial charge >= 0.3 is 0 Å². The van der Waals surface area contributed by atoms with Gasteiger partial charge in [0, 0.05) is 5.56 Å². The molecule has 0 spiro atoms. The lowest BCUT2D eigenvalue weighted by molar-refractivity contribution is 0.0897. The van der Waals surface area contributed by atoms with Crippen LogP contribution in [0.15, 0.2) is 47.4 Å². The van der Waals surface area contributed by atoms with Crippen LogP contribution in [-0.2, 0) is 10.0 Å². The normalized spacial score (nSPS) is 12.9. The topological polar surface area (TPSA) is 108 Å². The van der Waals surface area contributed by atoms with Crippen molar-refractivity contribution in [2.45, 2.75) is 24.8 Å². The molecule has 0 bridgehead atoms. The molecular weight excluding hydrogens is 417 g/mol. The number of benzene rings is 2. The standard InChI is InChI=1S/C19H20FN3O4S2/c1-11(2)16(10-24)21-18(25)12-3-8-15-17(9-12)28-19(22-15)23-29(26,27)14-6-4-13(20)5-7-14/h3-9,11,16,24H,10H2,1-2H3,(H,21,25)(H,22,23)/t16-/m0/s1. The van der Waals surface area contributed by atoms with Gasteiger partial charge in [0.25, 0.3) is 15.9 Å². The smallest absolute Gasteiger partial charge is 0.263 e. The molecule has 1 heterocycles. The van der Waals surface area contributed by atoms with Crippen molar-refractivity contribution in [2.24, 2.45) is 5.92 Å². The van der Waals surface area contributed by atoms with Crippen LogP contribution in [0.3, 0.4) is 0 Å². The summed E-state index contributed by atoms with van der Waals surface area (Å²) in [5.41, 5.74) is 0.916. The largest absolute Gasteiger partial charge is 0.394 e. The Morgan fingerprint density at radius 1 is 1.21 bits per heavy atom. The van der Waals surface area contributed by atoms with E-state index < -0.39 is 15.8 Å². The zero-order valence-electron chi connectivity index (χ0n) is 15.7. The summed E-state index contributed by atoms with van der Waals surface area (Å²) >= 11 is 1.08. The van der Waals surface area contributed by atoms with E-state index in [0.29, 0.717) is 15.8 Å². The number of hydrogen-bond donors (Lipinski definition) is 3. The van der Waals surface area contributed by atoms with E-state index in [4.69, 9.17) is 0 Å². The van der Waals surface area contributed by atoms with Gasteiger partial charge in [-0.2, -0.15) is 0 Å². The lowest BCUT2D eigenvalue weighted by Gasteiger charge is -2.19. The molecule has 29 heavy (non-hydrogen) atoms. The molecular formula is C19H20FN3O4S2. The first kappa shape index (κ1) is 21.2. The maximum atomic E-state index is 13.0. The molecule has 0 saturated heterocycles. The third-order valence-corrected chi connectivity index (χ3v) is 6.73. The highest BCUT2D eigenvalue weighted by Crippen LogP contribution is 2.28. The Balaban J connectivity index is 1.82. The van der Waals surface area contributed by atoms with Gasteiger partial charge in [-0.1, -0.05) is 25.2 Å². The summed E-state index contributed by atoms with van der Waals surface area (Å²) in [6.45, 7) is 3.63. The second-order valence-electron chi connectivity index (χ2n) is 6.77. The van der Waals surface area contributed by atoms with Crippen LogP contribution in [0.4, 0.5) is 9.52 Å². The van der Waals surface area contributed by atoms with Crippen molar-refractivity contribution < 1.29 is 22.7 Å². The number of halogens is 1. The van der Waals surface area contributed by atoms with E-state index in [9.17, 15) is 22.7 Å². The Kier molecular flexibility index (Phi) is 6.15. The van der Waals surface area contributed by atoms with Crippen molar-refractivity contribution in [3.8, 4) is 0 Å². The molecule has 0 aliphatic carbocycles. The highest BCUT2D eigenvalue weighted by atomic mass is 32.2. The van der Waals surface area contributed by atoms with Crippen molar-refractivity contribution in [1.82, 2.24) is 10.3 Å². The molecule has 0 aliphatic heterocycles. The molecule has 1 amide bonds. The molecule has 154 valence electrons. The van der Waals surface area contributed by atoms with Gasteiger partial charge in [-0.15, -0.1) is 0 Å². The van der Waals surface area contributed by atoms with Crippen molar-refractivity contribution in [2.75, 3.05) is 11.3 Å². The van der Waals surface area contributed by atoms with Crippen LogP contribution in [0, 0.1) is 11.7 Å². The fourth-order valence-electron chi connectivity index (χ4n) is 2.57. The summed E-state index contributed by atoms with van der Waals surface area (Å²) in [5, 5.41) is 12.3. The number of amides is 1. The number of aliphatic hydroxyl groups excluding tert-OH is 1. The van der Waals surface area contributed by atoms with Gasteiger partial charge in [-0.3, -0.25) is 9.52 Å². The SMILES string of the molecule is CC(C)[C@H](CO)NC(=O)c1ccc2nc(NS(=O)(=O)c3ccc(F)cc3)sc2c1. The first-order valence-electron chi connectivity index (χ1n) is 8.80. The van der Waals surface area contributed by atoms with Crippen LogP contribution < -0.4 is 10.0 Å². The predicted octanol–water partition coefficient (Wildman–Crippen LogP) is 2.98. The number of hydrogen-bond acceptors (Lipinski definition) is 6. The monoisotopic (exact) mass is 437 g/mol. The Morgan fingerprint density at radius 3 is 2.52 bits per heavy atom. The van der Waals surface area contributed by atoms with E-state index in [0.717, 1.165) is 23.5 Å². The van der Waals surface area contributed by atoms with Crippen molar-refractivity contribution in [3.63, 3.8) is 0 Å². The number of nitrogens with one attached hydrogen (secondary N) is 2. The summed E-state index contributed by atoms with van der Waals surface area (Å²) in [7, 11) is -3.91. The second-order valence-corrected chi connectivity index (χ2v) is 9.48. The molecule has 7 nitrogen and oxygen atoms in total. The third kappa shape index (κ3) is 4.89. The quantitative estimate of drug-likeness (QED) is 0.527. The highest BCUT2D eigenvalue weighted by molar-refractivity contribution is 7.93. The van der Waals surface area contributed by atoms with Gasteiger partial charge in [0.15, 0.2) is 5.13 Å². The predicted molar refractivity (Wildman–Crippen MR) is 110 cm³/mol. The number of aliphatic hydroxyl groups is 1. The summed E-state index contributed by atoms with van der Waals surface area (Å²) in [4.78, 5) is 16.6. The number of anilines is 1. The number of thiazole rings is 1.